The molecule has 1 N–H and O–H groups in total. The van der Waals surface area contributed by atoms with Crippen molar-refractivity contribution in [2.24, 2.45) is 7.05 Å². The molecule has 6 nitrogen and oxygen atoms in total. The Hall–Kier alpha value is -1.66. The van der Waals surface area contributed by atoms with Gasteiger partial charge in [-0.3, -0.25) is 4.68 Å². The van der Waals surface area contributed by atoms with Gasteiger partial charge in [-0.25, -0.2) is 9.97 Å². The maximum absolute atomic E-state index is 10.2. The highest BCUT2D eigenvalue weighted by atomic mass is 35.5. The Labute approximate surface area is 116 Å². The lowest BCUT2D eigenvalue weighted by molar-refractivity contribution is 0.170. The molecule has 0 spiro atoms. The summed E-state index contributed by atoms with van der Waals surface area (Å²) < 4.78 is 6.67. The zero-order chi connectivity index (χ0) is 14.0. The van der Waals surface area contributed by atoms with E-state index in [1.54, 1.807) is 17.8 Å². The van der Waals surface area contributed by atoms with Crippen LogP contribution in [0.25, 0.3) is 0 Å². The summed E-state index contributed by atoms with van der Waals surface area (Å²) in [6, 6.07) is 1.60. The summed E-state index contributed by atoms with van der Waals surface area (Å²) in [6.45, 7) is 1.83. The molecule has 0 bridgehead atoms. The van der Waals surface area contributed by atoms with Gasteiger partial charge in [0.2, 0.25) is 5.88 Å². The molecule has 0 saturated heterocycles. The van der Waals surface area contributed by atoms with Crippen molar-refractivity contribution in [3.63, 3.8) is 0 Å². The van der Waals surface area contributed by atoms with Crippen molar-refractivity contribution < 1.29 is 9.84 Å². The number of nitrogens with zero attached hydrogens (tertiary/aromatic N) is 4. The van der Waals surface area contributed by atoms with E-state index in [0.717, 1.165) is 11.4 Å². The summed E-state index contributed by atoms with van der Waals surface area (Å²) in [6.07, 6.45) is 0.897. The molecule has 102 valence electrons. The Morgan fingerprint density at radius 2 is 2.21 bits per heavy atom. The number of aliphatic hydroxyl groups excluding tert-OH is 1. The molecule has 19 heavy (non-hydrogen) atoms. The summed E-state index contributed by atoms with van der Waals surface area (Å²) >= 11 is 6.15. The first kappa shape index (κ1) is 13.8. The van der Waals surface area contributed by atoms with Crippen LogP contribution in [0, 0.1) is 6.92 Å². The zero-order valence-electron chi connectivity index (χ0n) is 11.0. The van der Waals surface area contributed by atoms with E-state index in [1.165, 1.54) is 13.4 Å². The van der Waals surface area contributed by atoms with E-state index < -0.39 is 6.10 Å². The smallest absolute Gasteiger partial charge is 0.216 e. The number of methoxy groups -OCH3 is 1. The second-order valence-electron chi connectivity index (χ2n) is 4.17. The van der Waals surface area contributed by atoms with E-state index in [2.05, 4.69) is 15.1 Å². The van der Waals surface area contributed by atoms with Crippen molar-refractivity contribution in [3.8, 4) is 5.88 Å². The van der Waals surface area contributed by atoms with Gasteiger partial charge in [0.25, 0.3) is 0 Å². The Kier molecular flexibility index (Phi) is 4.01. The Bertz CT molecular complexity index is 585. The average Bonchev–Trinajstić information content (AvgIpc) is 2.65. The van der Waals surface area contributed by atoms with Crippen LogP contribution in [0.15, 0.2) is 12.4 Å². The maximum Gasteiger partial charge on any atom is 0.216 e. The predicted octanol–water partition coefficient (Wildman–Crippen LogP) is 1.46. The average molecular weight is 283 g/mol. The lowest BCUT2D eigenvalue weighted by Crippen LogP contribution is -2.09. The van der Waals surface area contributed by atoms with Gasteiger partial charge in [0.15, 0.2) is 0 Å². The summed E-state index contributed by atoms with van der Waals surface area (Å²) in [7, 11) is 3.31. The van der Waals surface area contributed by atoms with Crippen molar-refractivity contribution in [3.05, 3.63) is 34.5 Å². The topological polar surface area (TPSA) is 73.1 Å². The lowest BCUT2D eigenvalue weighted by Gasteiger charge is -2.11. The van der Waals surface area contributed by atoms with Crippen LogP contribution in [-0.4, -0.2) is 32.0 Å². The third-order valence-electron chi connectivity index (χ3n) is 2.86. The van der Waals surface area contributed by atoms with Crippen LogP contribution in [0.2, 0.25) is 5.02 Å². The van der Waals surface area contributed by atoms with Crippen molar-refractivity contribution >= 4 is 11.6 Å². The molecule has 0 aliphatic carbocycles. The zero-order valence-corrected chi connectivity index (χ0v) is 11.7. The summed E-state index contributed by atoms with van der Waals surface area (Å²) in [4.78, 5) is 7.93. The van der Waals surface area contributed by atoms with Crippen molar-refractivity contribution in [1.29, 1.82) is 0 Å². The third kappa shape index (κ3) is 2.85. The van der Waals surface area contributed by atoms with E-state index in [4.69, 9.17) is 16.3 Å². The number of halogens is 1. The van der Waals surface area contributed by atoms with Gasteiger partial charge in [-0.1, -0.05) is 11.6 Å². The fourth-order valence-corrected chi connectivity index (χ4v) is 2.07. The van der Waals surface area contributed by atoms with Crippen molar-refractivity contribution in [2.45, 2.75) is 19.4 Å². The monoisotopic (exact) mass is 282 g/mol. The highest BCUT2D eigenvalue weighted by Gasteiger charge is 2.18. The Balaban J connectivity index is 2.22. The molecular formula is C12H15ClN4O2. The molecule has 0 aromatic carbocycles. The van der Waals surface area contributed by atoms with E-state index >= 15 is 0 Å². The molecule has 2 aromatic heterocycles. The van der Waals surface area contributed by atoms with Crippen molar-refractivity contribution in [2.75, 3.05) is 7.11 Å². The first-order valence-electron chi connectivity index (χ1n) is 5.75. The number of ether oxygens (including phenoxy) is 1. The van der Waals surface area contributed by atoms with Crippen LogP contribution in [0.5, 0.6) is 5.88 Å². The van der Waals surface area contributed by atoms with Gasteiger partial charge >= 0.3 is 0 Å². The minimum atomic E-state index is -0.788. The summed E-state index contributed by atoms with van der Waals surface area (Å²) in [5, 5.41) is 15.0. The largest absolute Gasteiger partial charge is 0.481 e. The summed E-state index contributed by atoms with van der Waals surface area (Å²) in [5.41, 5.74) is 2.00. The van der Waals surface area contributed by atoms with Gasteiger partial charge in [0, 0.05) is 19.5 Å². The summed E-state index contributed by atoms with van der Waals surface area (Å²) in [5.74, 6) is 0.413. The van der Waals surface area contributed by atoms with Gasteiger partial charge in [0.05, 0.1) is 29.2 Å². The molecule has 0 saturated carbocycles. The fourth-order valence-electron chi connectivity index (χ4n) is 1.84. The lowest BCUT2D eigenvalue weighted by atomic mass is 10.1. The second kappa shape index (κ2) is 5.54. The number of aryl methyl sites for hydroxylation is 2. The Morgan fingerprint density at radius 1 is 1.47 bits per heavy atom. The van der Waals surface area contributed by atoms with E-state index in [-0.39, 0.29) is 0 Å². The van der Waals surface area contributed by atoms with Crippen LogP contribution in [0.4, 0.5) is 0 Å². The molecule has 7 heteroatoms. The number of aliphatic hydroxyl groups is 1. The minimum Gasteiger partial charge on any atom is -0.481 e. The molecule has 0 aliphatic heterocycles. The first-order valence-corrected chi connectivity index (χ1v) is 6.12. The van der Waals surface area contributed by atoms with Crippen LogP contribution < -0.4 is 4.74 Å². The van der Waals surface area contributed by atoms with Gasteiger partial charge in [-0.2, -0.15) is 5.10 Å². The fraction of sp³-hybridized carbons (Fsp3) is 0.417. The maximum atomic E-state index is 10.2. The predicted molar refractivity (Wildman–Crippen MR) is 70.2 cm³/mol. The molecule has 1 unspecified atom stereocenters. The first-order chi connectivity index (χ1) is 9.02. The SMILES string of the molecule is COc1cc(C(O)Cc2c(Cl)c(C)nn2C)ncn1. The molecule has 0 fully saturated rings. The molecule has 0 amide bonds. The third-order valence-corrected chi connectivity index (χ3v) is 3.35. The van der Waals surface area contributed by atoms with E-state index in [1.807, 2.05) is 6.92 Å². The number of hydrogen-bond acceptors (Lipinski definition) is 5. The molecule has 1 atom stereocenters. The highest BCUT2D eigenvalue weighted by molar-refractivity contribution is 6.31. The number of hydrogen-bond donors (Lipinski definition) is 1. The standard InChI is InChI=1S/C12H15ClN4O2/c1-7-12(13)9(17(2)16-7)5-10(18)8-4-11(19-3)15-6-14-8/h4,6,10,18H,5H2,1-3H3. The normalized spacial score (nSPS) is 12.5. The molecule has 2 aromatic rings. The van der Waals surface area contributed by atoms with Crippen LogP contribution >= 0.6 is 11.6 Å². The van der Waals surface area contributed by atoms with Crippen molar-refractivity contribution in [1.82, 2.24) is 19.7 Å². The van der Waals surface area contributed by atoms with Gasteiger partial charge < -0.3 is 9.84 Å². The van der Waals surface area contributed by atoms with Crippen LogP contribution in [-0.2, 0) is 13.5 Å². The number of rotatable bonds is 4. The molecule has 2 heterocycles. The quantitative estimate of drug-likeness (QED) is 0.919. The highest BCUT2D eigenvalue weighted by Crippen LogP contribution is 2.25. The molecule has 0 radical (unpaired) electrons. The van der Waals surface area contributed by atoms with Gasteiger partial charge in [0.1, 0.15) is 12.4 Å². The molecule has 0 aliphatic rings. The number of aromatic nitrogens is 4. The van der Waals surface area contributed by atoms with Crippen LogP contribution in [0.1, 0.15) is 23.2 Å². The second-order valence-corrected chi connectivity index (χ2v) is 4.55. The molecular weight excluding hydrogens is 268 g/mol. The van der Waals surface area contributed by atoms with E-state index in [9.17, 15) is 5.11 Å². The van der Waals surface area contributed by atoms with E-state index in [0.29, 0.717) is 23.0 Å². The molecule has 2 rings (SSSR count). The van der Waals surface area contributed by atoms with Crippen LogP contribution in [0.3, 0.4) is 0 Å². The van der Waals surface area contributed by atoms with Gasteiger partial charge in [-0.15, -0.1) is 0 Å². The minimum absolute atomic E-state index is 0.330. The van der Waals surface area contributed by atoms with Gasteiger partial charge in [-0.05, 0) is 6.92 Å². The Morgan fingerprint density at radius 3 is 2.79 bits per heavy atom.